The van der Waals surface area contributed by atoms with E-state index in [1.165, 1.54) is 0 Å². The van der Waals surface area contributed by atoms with Gasteiger partial charge in [0.15, 0.2) is 0 Å². The predicted octanol–water partition coefficient (Wildman–Crippen LogP) is -1.68. The largest absolute Gasteiger partial charge is 0.345 e. The lowest BCUT2D eigenvalue weighted by molar-refractivity contribution is -0.146. The minimum absolute atomic E-state index is 0.0757. The highest BCUT2D eigenvalue weighted by molar-refractivity contribution is 6.11. The molecule has 0 bridgehead atoms. The monoisotopic (exact) mass is 196 g/mol. The molecular formula is C7H6N3O4. The highest BCUT2D eigenvalue weighted by atomic mass is 16.2. The van der Waals surface area contributed by atoms with E-state index >= 15 is 0 Å². The molecule has 2 saturated heterocycles. The number of carbonyl (C=O) groups is 4. The molecule has 1 atom stereocenters. The second-order valence-electron chi connectivity index (χ2n) is 2.95. The van der Waals surface area contributed by atoms with Crippen LogP contribution in [-0.2, 0) is 14.4 Å². The summed E-state index contributed by atoms with van der Waals surface area (Å²) < 4.78 is 0. The second kappa shape index (κ2) is 2.79. The summed E-state index contributed by atoms with van der Waals surface area (Å²) in [5.41, 5.74) is 0. The van der Waals surface area contributed by atoms with Gasteiger partial charge in [0.1, 0.15) is 0 Å². The van der Waals surface area contributed by atoms with E-state index in [0.717, 1.165) is 4.90 Å². The van der Waals surface area contributed by atoms with Crippen LogP contribution in [-0.4, -0.2) is 34.8 Å². The number of imide groups is 2. The third-order valence-electron chi connectivity index (χ3n) is 2.04. The molecule has 5 amide bonds. The molecule has 7 nitrogen and oxygen atoms in total. The van der Waals surface area contributed by atoms with Gasteiger partial charge in [-0.1, -0.05) is 0 Å². The fraction of sp³-hybridized carbons (Fsp3) is 0.429. The number of likely N-dealkylation sites (tertiary alicyclic amines) is 1. The first-order valence-corrected chi connectivity index (χ1v) is 4.00. The average molecular weight is 196 g/mol. The van der Waals surface area contributed by atoms with E-state index in [4.69, 9.17) is 0 Å². The molecule has 0 saturated carbocycles. The van der Waals surface area contributed by atoms with Crippen molar-refractivity contribution in [3.8, 4) is 0 Å². The summed E-state index contributed by atoms with van der Waals surface area (Å²) in [6.45, 7) is 0. The smallest absolute Gasteiger partial charge is 0.274 e. The fourth-order valence-corrected chi connectivity index (χ4v) is 1.41. The van der Waals surface area contributed by atoms with Crippen molar-refractivity contribution >= 4 is 23.8 Å². The Bertz CT molecular complexity index is 335. The lowest BCUT2D eigenvalue weighted by atomic mass is 10.4. The third kappa shape index (κ3) is 1.13. The molecule has 0 aromatic heterocycles. The van der Waals surface area contributed by atoms with E-state index in [1.807, 2.05) is 5.32 Å². The van der Waals surface area contributed by atoms with E-state index in [0.29, 0.717) is 0 Å². The van der Waals surface area contributed by atoms with Gasteiger partial charge in [0.2, 0.25) is 18.0 Å². The first kappa shape index (κ1) is 8.67. The average Bonchev–Trinajstić information content (AvgIpc) is 2.57. The van der Waals surface area contributed by atoms with Crippen LogP contribution in [0.4, 0.5) is 4.79 Å². The molecule has 2 rings (SSSR count). The maximum atomic E-state index is 11.2. The lowest BCUT2D eigenvalue weighted by Crippen LogP contribution is -2.47. The minimum atomic E-state index is -1.29. The van der Waals surface area contributed by atoms with Crippen LogP contribution in [0, 0.1) is 0 Å². The Morgan fingerprint density at radius 2 is 1.71 bits per heavy atom. The number of hydrogen-bond donors (Lipinski definition) is 1. The number of amides is 5. The SMILES string of the molecule is O=C1[N]C(N2C(=O)CCC2=O)C(=O)N1. The molecule has 1 N–H and O–H groups in total. The van der Waals surface area contributed by atoms with Crippen LogP contribution in [0.5, 0.6) is 0 Å². The van der Waals surface area contributed by atoms with Gasteiger partial charge in [0.05, 0.1) is 0 Å². The number of nitrogens with one attached hydrogen (secondary N) is 1. The first-order valence-electron chi connectivity index (χ1n) is 4.00. The van der Waals surface area contributed by atoms with Gasteiger partial charge in [-0.2, -0.15) is 5.32 Å². The van der Waals surface area contributed by atoms with Crippen LogP contribution < -0.4 is 10.6 Å². The number of rotatable bonds is 1. The summed E-state index contributed by atoms with van der Waals surface area (Å²) in [5.74, 6) is -1.65. The number of carbonyl (C=O) groups excluding carboxylic acids is 4. The molecule has 2 aliphatic rings. The van der Waals surface area contributed by atoms with Crippen molar-refractivity contribution in [3.05, 3.63) is 0 Å². The van der Waals surface area contributed by atoms with Gasteiger partial charge in [-0.3, -0.25) is 19.7 Å². The fourth-order valence-electron chi connectivity index (χ4n) is 1.41. The Hall–Kier alpha value is -1.92. The lowest BCUT2D eigenvalue weighted by Gasteiger charge is -2.16. The van der Waals surface area contributed by atoms with Crippen LogP contribution >= 0.6 is 0 Å². The standard InChI is InChI=1S/C7H6N3O4/c11-3-1-2-4(12)10(3)5-6(13)9-7(14)8-5/h5H,1-2H2,(H,9,13,14). The summed E-state index contributed by atoms with van der Waals surface area (Å²) >= 11 is 0. The maximum absolute atomic E-state index is 11.2. The first-order chi connectivity index (χ1) is 6.59. The maximum Gasteiger partial charge on any atom is 0.345 e. The quantitative estimate of drug-likeness (QED) is 0.400. The number of urea groups is 1. The van der Waals surface area contributed by atoms with E-state index in [1.54, 1.807) is 0 Å². The summed E-state index contributed by atoms with van der Waals surface area (Å²) in [7, 11) is 0. The second-order valence-corrected chi connectivity index (χ2v) is 2.95. The molecule has 0 aliphatic carbocycles. The molecule has 14 heavy (non-hydrogen) atoms. The van der Waals surface area contributed by atoms with Crippen molar-refractivity contribution in [3.63, 3.8) is 0 Å². The Morgan fingerprint density at radius 3 is 2.14 bits per heavy atom. The van der Waals surface area contributed by atoms with Crippen molar-refractivity contribution in [2.45, 2.75) is 19.0 Å². The summed E-state index contributed by atoms with van der Waals surface area (Å²) in [5, 5.41) is 5.23. The molecular weight excluding hydrogens is 190 g/mol. The highest BCUT2D eigenvalue weighted by Gasteiger charge is 2.44. The number of nitrogens with zero attached hydrogens (tertiary/aromatic N) is 2. The van der Waals surface area contributed by atoms with Gasteiger partial charge in [0.25, 0.3) is 5.91 Å². The van der Waals surface area contributed by atoms with Crippen LogP contribution in [0.15, 0.2) is 0 Å². The van der Waals surface area contributed by atoms with Crippen molar-refractivity contribution in [1.29, 1.82) is 0 Å². The molecule has 2 fully saturated rings. The Labute approximate surface area is 78.4 Å². The van der Waals surface area contributed by atoms with E-state index in [9.17, 15) is 19.2 Å². The molecule has 2 heterocycles. The summed E-state index contributed by atoms with van der Waals surface area (Å²) in [6, 6.07) is -0.813. The van der Waals surface area contributed by atoms with Crippen molar-refractivity contribution < 1.29 is 19.2 Å². The third-order valence-corrected chi connectivity index (χ3v) is 2.04. The zero-order chi connectivity index (χ0) is 10.3. The van der Waals surface area contributed by atoms with Crippen molar-refractivity contribution in [2.75, 3.05) is 0 Å². The molecule has 73 valence electrons. The van der Waals surface area contributed by atoms with Gasteiger partial charge in [-0.15, -0.1) is 0 Å². The van der Waals surface area contributed by atoms with Crippen LogP contribution in [0.1, 0.15) is 12.8 Å². The van der Waals surface area contributed by atoms with Gasteiger partial charge in [-0.05, 0) is 0 Å². The Balaban J connectivity index is 2.22. The zero-order valence-corrected chi connectivity index (χ0v) is 7.02. The predicted molar refractivity (Wildman–Crippen MR) is 40.5 cm³/mol. The Morgan fingerprint density at radius 1 is 1.14 bits per heavy atom. The molecule has 1 radical (unpaired) electrons. The zero-order valence-electron chi connectivity index (χ0n) is 7.02. The Kier molecular flexibility index (Phi) is 1.73. The van der Waals surface area contributed by atoms with E-state index < -0.39 is 29.9 Å². The van der Waals surface area contributed by atoms with Crippen LogP contribution in [0.2, 0.25) is 0 Å². The summed E-state index contributed by atoms with van der Waals surface area (Å²) in [4.78, 5) is 44.9. The molecule has 7 heteroatoms. The van der Waals surface area contributed by atoms with Crippen LogP contribution in [0.3, 0.4) is 0 Å². The van der Waals surface area contributed by atoms with Gasteiger partial charge in [0, 0.05) is 12.8 Å². The van der Waals surface area contributed by atoms with Gasteiger partial charge < -0.3 is 0 Å². The van der Waals surface area contributed by atoms with E-state index in [2.05, 4.69) is 5.32 Å². The normalized spacial score (nSPS) is 26.9. The summed E-state index contributed by atoms with van der Waals surface area (Å²) in [6.07, 6.45) is -1.14. The topological polar surface area (TPSA) is 97.7 Å². The van der Waals surface area contributed by atoms with Gasteiger partial charge in [-0.25, -0.2) is 9.69 Å². The van der Waals surface area contributed by atoms with Crippen molar-refractivity contribution in [2.24, 2.45) is 0 Å². The van der Waals surface area contributed by atoms with Crippen LogP contribution in [0.25, 0.3) is 0 Å². The highest BCUT2D eigenvalue weighted by Crippen LogP contribution is 2.16. The molecule has 2 aliphatic heterocycles. The molecule has 0 aromatic rings. The van der Waals surface area contributed by atoms with Gasteiger partial charge >= 0.3 is 6.03 Å². The molecule has 1 unspecified atom stereocenters. The van der Waals surface area contributed by atoms with E-state index in [-0.39, 0.29) is 12.8 Å². The van der Waals surface area contributed by atoms with Crippen molar-refractivity contribution in [1.82, 2.24) is 15.5 Å². The molecule has 0 aromatic carbocycles. The number of hydrogen-bond acceptors (Lipinski definition) is 4. The minimum Gasteiger partial charge on any atom is -0.274 e. The molecule has 0 spiro atoms.